The van der Waals surface area contributed by atoms with E-state index < -0.39 is 0 Å². The topological polar surface area (TPSA) is 54.3 Å². The van der Waals surface area contributed by atoms with E-state index in [0.29, 0.717) is 6.54 Å². The first-order chi connectivity index (χ1) is 10.8. The van der Waals surface area contributed by atoms with Crippen LogP contribution in [0.15, 0.2) is 47.1 Å². The smallest absolute Gasteiger partial charge is 0.227 e. The van der Waals surface area contributed by atoms with Crippen LogP contribution in [-0.2, 0) is 17.9 Å². The summed E-state index contributed by atoms with van der Waals surface area (Å²) in [6.45, 7) is 1.44. The molecule has 4 nitrogen and oxygen atoms in total. The molecule has 1 aliphatic carbocycles. The predicted molar refractivity (Wildman–Crippen MR) is 86.3 cm³/mol. The summed E-state index contributed by atoms with van der Waals surface area (Å²) in [6.07, 6.45) is 6.08. The van der Waals surface area contributed by atoms with E-state index in [1.807, 2.05) is 30.3 Å². The van der Waals surface area contributed by atoms with Crippen molar-refractivity contribution in [3.63, 3.8) is 0 Å². The molecule has 2 aromatic rings. The van der Waals surface area contributed by atoms with Gasteiger partial charge in [-0.05, 0) is 42.7 Å². The number of amides is 1. The Labute approximate surface area is 130 Å². The molecule has 1 aliphatic rings. The minimum Gasteiger partial charge on any atom is -0.468 e. The van der Waals surface area contributed by atoms with Crippen molar-refractivity contribution < 1.29 is 9.21 Å². The van der Waals surface area contributed by atoms with Gasteiger partial charge in [0.1, 0.15) is 5.76 Å². The van der Waals surface area contributed by atoms with E-state index in [2.05, 4.69) is 16.7 Å². The van der Waals surface area contributed by atoms with E-state index in [-0.39, 0.29) is 11.8 Å². The van der Waals surface area contributed by atoms with Gasteiger partial charge in [0, 0.05) is 18.2 Å². The number of nitrogens with one attached hydrogen (secondary N) is 2. The van der Waals surface area contributed by atoms with Crippen molar-refractivity contribution >= 4 is 11.6 Å². The highest BCUT2D eigenvalue weighted by molar-refractivity contribution is 5.92. The Balaban J connectivity index is 1.51. The van der Waals surface area contributed by atoms with Crippen LogP contribution in [0, 0.1) is 5.92 Å². The number of anilines is 1. The second-order valence-electron chi connectivity index (χ2n) is 5.85. The molecule has 0 bridgehead atoms. The van der Waals surface area contributed by atoms with Crippen LogP contribution in [0.2, 0.25) is 0 Å². The first-order valence-corrected chi connectivity index (χ1v) is 7.94. The molecule has 116 valence electrons. The van der Waals surface area contributed by atoms with Crippen molar-refractivity contribution in [1.29, 1.82) is 0 Å². The second-order valence-corrected chi connectivity index (χ2v) is 5.85. The largest absolute Gasteiger partial charge is 0.468 e. The molecule has 22 heavy (non-hydrogen) atoms. The minimum atomic E-state index is 0.165. The van der Waals surface area contributed by atoms with Crippen LogP contribution in [-0.4, -0.2) is 5.91 Å². The number of hydrogen-bond donors (Lipinski definition) is 2. The van der Waals surface area contributed by atoms with Gasteiger partial charge in [-0.2, -0.15) is 0 Å². The van der Waals surface area contributed by atoms with E-state index in [4.69, 9.17) is 4.42 Å². The van der Waals surface area contributed by atoms with Crippen LogP contribution < -0.4 is 10.6 Å². The molecule has 1 aromatic carbocycles. The quantitative estimate of drug-likeness (QED) is 0.855. The average molecular weight is 298 g/mol. The number of carbonyl (C=O) groups is 1. The Morgan fingerprint density at radius 1 is 1.14 bits per heavy atom. The molecule has 1 heterocycles. The molecule has 1 fully saturated rings. The van der Waals surface area contributed by atoms with Crippen molar-refractivity contribution in [3.8, 4) is 0 Å². The van der Waals surface area contributed by atoms with Crippen molar-refractivity contribution in [1.82, 2.24) is 5.32 Å². The normalized spacial score (nSPS) is 15.1. The fraction of sp³-hybridized carbons (Fsp3) is 0.389. The van der Waals surface area contributed by atoms with Gasteiger partial charge >= 0.3 is 0 Å². The summed E-state index contributed by atoms with van der Waals surface area (Å²) in [5, 5.41) is 6.38. The summed E-state index contributed by atoms with van der Waals surface area (Å²) in [5.74, 6) is 1.28. The molecule has 1 aromatic heterocycles. The number of benzene rings is 1. The molecule has 0 unspecified atom stereocenters. The SMILES string of the molecule is O=C(Nc1cccc(CNCc2ccco2)c1)C1CCCC1. The number of furan rings is 1. The molecule has 0 aliphatic heterocycles. The van der Waals surface area contributed by atoms with Crippen molar-refractivity contribution in [2.45, 2.75) is 38.8 Å². The zero-order valence-electron chi connectivity index (χ0n) is 12.7. The van der Waals surface area contributed by atoms with Gasteiger partial charge in [0.15, 0.2) is 0 Å². The summed E-state index contributed by atoms with van der Waals surface area (Å²) in [4.78, 5) is 12.2. The molecule has 2 N–H and O–H groups in total. The molecule has 0 saturated heterocycles. The van der Waals surface area contributed by atoms with Crippen LogP contribution >= 0.6 is 0 Å². The monoisotopic (exact) mass is 298 g/mol. The Hall–Kier alpha value is -2.07. The summed E-state index contributed by atoms with van der Waals surface area (Å²) < 4.78 is 5.29. The lowest BCUT2D eigenvalue weighted by atomic mass is 10.1. The summed E-state index contributed by atoms with van der Waals surface area (Å²) >= 11 is 0. The highest BCUT2D eigenvalue weighted by atomic mass is 16.3. The molecular formula is C18H22N2O2. The summed E-state index contributed by atoms with van der Waals surface area (Å²) in [7, 11) is 0. The van der Waals surface area contributed by atoms with Crippen LogP contribution in [0.3, 0.4) is 0 Å². The van der Waals surface area contributed by atoms with Crippen LogP contribution in [0.25, 0.3) is 0 Å². The van der Waals surface area contributed by atoms with E-state index in [1.54, 1.807) is 6.26 Å². The third kappa shape index (κ3) is 3.98. The molecule has 0 radical (unpaired) electrons. The third-order valence-corrected chi connectivity index (χ3v) is 4.13. The maximum absolute atomic E-state index is 12.2. The molecular weight excluding hydrogens is 276 g/mol. The van der Waals surface area contributed by atoms with Crippen LogP contribution in [0.1, 0.15) is 37.0 Å². The highest BCUT2D eigenvalue weighted by Crippen LogP contribution is 2.26. The van der Waals surface area contributed by atoms with Crippen LogP contribution in [0.5, 0.6) is 0 Å². The Morgan fingerprint density at radius 2 is 2.00 bits per heavy atom. The lowest BCUT2D eigenvalue weighted by molar-refractivity contribution is -0.119. The Bertz CT molecular complexity index is 601. The standard InChI is InChI=1S/C18H22N2O2/c21-18(15-6-1-2-7-15)20-16-8-3-5-14(11-16)12-19-13-17-9-4-10-22-17/h3-5,8-11,15,19H,1-2,6-7,12-13H2,(H,20,21). The van der Waals surface area contributed by atoms with Crippen molar-refractivity contribution in [2.75, 3.05) is 5.32 Å². The maximum atomic E-state index is 12.2. The van der Waals surface area contributed by atoms with Crippen molar-refractivity contribution in [3.05, 3.63) is 54.0 Å². The van der Waals surface area contributed by atoms with Gasteiger partial charge < -0.3 is 15.1 Å². The molecule has 1 amide bonds. The maximum Gasteiger partial charge on any atom is 0.227 e. The lowest BCUT2D eigenvalue weighted by Gasteiger charge is -2.11. The molecule has 3 rings (SSSR count). The number of carbonyl (C=O) groups excluding carboxylic acids is 1. The Morgan fingerprint density at radius 3 is 2.77 bits per heavy atom. The third-order valence-electron chi connectivity index (χ3n) is 4.13. The zero-order valence-corrected chi connectivity index (χ0v) is 12.7. The second kappa shape index (κ2) is 7.27. The summed E-state index contributed by atoms with van der Waals surface area (Å²) in [6, 6.07) is 11.8. The van der Waals surface area contributed by atoms with E-state index >= 15 is 0 Å². The predicted octanol–water partition coefficient (Wildman–Crippen LogP) is 3.70. The van der Waals surface area contributed by atoms with Gasteiger partial charge in [-0.25, -0.2) is 0 Å². The number of hydrogen-bond acceptors (Lipinski definition) is 3. The van der Waals surface area contributed by atoms with Gasteiger partial charge in [-0.1, -0.05) is 25.0 Å². The molecule has 0 spiro atoms. The molecule has 4 heteroatoms. The van der Waals surface area contributed by atoms with Gasteiger partial charge in [0.05, 0.1) is 12.8 Å². The van der Waals surface area contributed by atoms with Crippen LogP contribution in [0.4, 0.5) is 5.69 Å². The first kappa shape index (κ1) is 14.9. The van der Waals surface area contributed by atoms with Gasteiger partial charge in [-0.3, -0.25) is 4.79 Å². The van der Waals surface area contributed by atoms with Crippen molar-refractivity contribution in [2.24, 2.45) is 5.92 Å². The average Bonchev–Trinajstić information content (AvgIpc) is 3.21. The van der Waals surface area contributed by atoms with Gasteiger partial charge in [0.2, 0.25) is 5.91 Å². The van der Waals surface area contributed by atoms with Gasteiger partial charge in [0.25, 0.3) is 0 Å². The fourth-order valence-corrected chi connectivity index (χ4v) is 2.93. The zero-order chi connectivity index (χ0) is 15.2. The lowest BCUT2D eigenvalue weighted by Crippen LogP contribution is -2.20. The van der Waals surface area contributed by atoms with E-state index in [0.717, 1.165) is 36.4 Å². The first-order valence-electron chi connectivity index (χ1n) is 7.94. The minimum absolute atomic E-state index is 0.165. The molecule has 0 atom stereocenters. The number of rotatable bonds is 6. The van der Waals surface area contributed by atoms with E-state index in [9.17, 15) is 4.79 Å². The highest BCUT2D eigenvalue weighted by Gasteiger charge is 2.22. The fourth-order valence-electron chi connectivity index (χ4n) is 2.93. The Kier molecular flexibility index (Phi) is 4.91. The molecule has 1 saturated carbocycles. The van der Waals surface area contributed by atoms with E-state index in [1.165, 1.54) is 12.8 Å². The summed E-state index contributed by atoms with van der Waals surface area (Å²) in [5.41, 5.74) is 2.03. The van der Waals surface area contributed by atoms with Gasteiger partial charge in [-0.15, -0.1) is 0 Å².